The molecule has 1 aliphatic rings. The third kappa shape index (κ3) is 3.51. The second-order valence-corrected chi connectivity index (χ2v) is 9.82. The van der Waals surface area contributed by atoms with Gasteiger partial charge in [-0.2, -0.15) is 4.31 Å². The molecular weight excluding hydrogens is 324 g/mol. The Hall–Kier alpha value is -0.960. The van der Waals surface area contributed by atoms with Crippen LogP contribution in [0.4, 0.5) is 0 Å². The van der Waals surface area contributed by atoms with Crippen LogP contribution >= 0.6 is 0 Å². The van der Waals surface area contributed by atoms with Crippen molar-refractivity contribution in [2.75, 3.05) is 24.6 Å². The lowest BCUT2D eigenvalue weighted by Crippen LogP contribution is -2.44. The maximum absolute atomic E-state index is 13.0. The Morgan fingerprint density at radius 1 is 1.32 bits per heavy atom. The van der Waals surface area contributed by atoms with Gasteiger partial charge in [0.2, 0.25) is 10.0 Å². The third-order valence-corrected chi connectivity index (χ3v) is 7.74. The highest BCUT2D eigenvalue weighted by Crippen LogP contribution is 2.27. The van der Waals surface area contributed by atoms with Gasteiger partial charge in [-0.25, -0.2) is 16.8 Å². The van der Waals surface area contributed by atoms with Crippen molar-refractivity contribution >= 4 is 19.9 Å². The first-order valence-corrected chi connectivity index (χ1v) is 10.4. The first kappa shape index (κ1) is 17.4. The molecule has 1 heterocycles. The third-order valence-electron chi connectivity index (χ3n) is 3.90. The summed E-state index contributed by atoms with van der Waals surface area (Å²) in [6, 6.07) is 4.70. The van der Waals surface area contributed by atoms with Crippen molar-refractivity contribution in [2.45, 2.75) is 31.2 Å². The summed E-state index contributed by atoms with van der Waals surface area (Å²) in [7, 11) is -6.93. The Balaban J connectivity index is 2.45. The van der Waals surface area contributed by atoms with Gasteiger partial charge in [0.1, 0.15) is 0 Å². The minimum absolute atomic E-state index is 0.0288. The lowest BCUT2D eigenvalue weighted by atomic mass is 10.2. The van der Waals surface area contributed by atoms with E-state index in [0.29, 0.717) is 12.0 Å². The van der Waals surface area contributed by atoms with Gasteiger partial charge < -0.3 is 5.73 Å². The molecule has 124 valence electrons. The Bertz CT molecular complexity index is 757. The first-order valence-electron chi connectivity index (χ1n) is 7.17. The molecule has 8 heteroatoms. The van der Waals surface area contributed by atoms with Crippen molar-refractivity contribution in [3.8, 4) is 0 Å². The van der Waals surface area contributed by atoms with Gasteiger partial charge in [-0.05, 0) is 37.5 Å². The van der Waals surface area contributed by atoms with Crippen LogP contribution in [-0.2, 0) is 19.9 Å². The van der Waals surface area contributed by atoms with Crippen LogP contribution in [0.25, 0.3) is 0 Å². The van der Waals surface area contributed by atoms with Crippen LogP contribution in [0.3, 0.4) is 0 Å². The van der Waals surface area contributed by atoms with Crippen LogP contribution in [0.2, 0.25) is 0 Å². The zero-order chi connectivity index (χ0) is 16.5. The fourth-order valence-electron chi connectivity index (χ4n) is 2.74. The van der Waals surface area contributed by atoms with E-state index in [9.17, 15) is 16.8 Å². The molecule has 22 heavy (non-hydrogen) atoms. The summed E-state index contributed by atoms with van der Waals surface area (Å²) in [5.74, 6) is -0.0991. The van der Waals surface area contributed by atoms with E-state index in [4.69, 9.17) is 5.73 Å². The van der Waals surface area contributed by atoms with Gasteiger partial charge >= 0.3 is 0 Å². The molecule has 0 aliphatic carbocycles. The Kier molecular flexibility index (Phi) is 4.96. The van der Waals surface area contributed by atoms with E-state index < -0.39 is 25.9 Å². The number of benzene rings is 1. The largest absolute Gasteiger partial charge is 0.329 e. The molecule has 0 amide bonds. The molecule has 1 fully saturated rings. The Labute approximate surface area is 132 Å². The second kappa shape index (κ2) is 6.27. The van der Waals surface area contributed by atoms with Crippen molar-refractivity contribution < 1.29 is 16.8 Å². The normalized spacial score (nSPS) is 21.4. The highest BCUT2D eigenvalue weighted by Gasteiger charge is 2.38. The Morgan fingerprint density at radius 3 is 2.55 bits per heavy atom. The molecule has 0 aromatic heterocycles. The van der Waals surface area contributed by atoms with E-state index >= 15 is 0 Å². The van der Waals surface area contributed by atoms with Crippen molar-refractivity contribution in [2.24, 2.45) is 5.73 Å². The van der Waals surface area contributed by atoms with Gasteiger partial charge in [0.05, 0.1) is 16.4 Å². The molecule has 0 radical (unpaired) electrons. The van der Waals surface area contributed by atoms with E-state index in [1.165, 1.54) is 4.31 Å². The van der Waals surface area contributed by atoms with Crippen LogP contribution in [0.15, 0.2) is 23.1 Å². The highest BCUT2D eigenvalue weighted by molar-refractivity contribution is 7.92. The van der Waals surface area contributed by atoms with Crippen LogP contribution in [0.5, 0.6) is 0 Å². The SMILES string of the molecule is Cc1ccc(C)c(S(=O)(=O)N(CCN)[C@@H]2CCS(=O)(=O)C2)c1. The number of hydrogen-bond donors (Lipinski definition) is 1. The average Bonchev–Trinajstić information content (AvgIpc) is 2.78. The lowest BCUT2D eigenvalue weighted by Gasteiger charge is -2.27. The summed E-state index contributed by atoms with van der Waals surface area (Å²) in [5, 5.41) is 0. The van der Waals surface area contributed by atoms with Crippen molar-refractivity contribution in [3.63, 3.8) is 0 Å². The number of sulfonamides is 1. The van der Waals surface area contributed by atoms with Crippen molar-refractivity contribution in [3.05, 3.63) is 29.3 Å². The van der Waals surface area contributed by atoms with E-state index in [1.54, 1.807) is 19.1 Å². The highest BCUT2D eigenvalue weighted by atomic mass is 32.2. The quantitative estimate of drug-likeness (QED) is 0.834. The minimum atomic E-state index is -3.76. The fraction of sp³-hybridized carbons (Fsp3) is 0.571. The molecule has 0 unspecified atom stereocenters. The predicted molar refractivity (Wildman–Crippen MR) is 85.9 cm³/mol. The van der Waals surface area contributed by atoms with Gasteiger partial charge in [0, 0.05) is 19.1 Å². The lowest BCUT2D eigenvalue weighted by molar-refractivity contribution is 0.347. The summed E-state index contributed by atoms with van der Waals surface area (Å²) in [5.41, 5.74) is 7.04. The monoisotopic (exact) mass is 346 g/mol. The number of nitrogens with zero attached hydrogens (tertiary/aromatic N) is 1. The smallest absolute Gasteiger partial charge is 0.243 e. The second-order valence-electron chi connectivity index (χ2n) is 5.73. The van der Waals surface area contributed by atoms with Gasteiger partial charge in [-0.15, -0.1) is 0 Å². The van der Waals surface area contributed by atoms with Crippen LogP contribution in [-0.4, -0.2) is 51.8 Å². The molecule has 1 atom stereocenters. The zero-order valence-electron chi connectivity index (χ0n) is 12.8. The van der Waals surface area contributed by atoms with E-state index in [1.807, 2.05) is 13.0 Å². The fourth-order valence-corrected chi connectivity index (χ4v) is 6.55. The molecule has 1 saturated heterocycles. The molecule has 1 aliphatic heterocycles. The zero-order valence-corrected chi connectivity index (χ0v) is 14.5. The predicted octanol–water partition coefficient (Wildman–Crippen LogP) is 0.440. The van der Waals surface area contributed by atoms with E-state index in [0.717, 1.165) is 5.56 Å². The van der Waals surface area contributed by atoms with Gasteiger partial charge in [-0.1, -0.05) is 12.1 Å². The van der Waals surface area contributed by atoms with E-state index in [-0.39, 0.29) is 29.5 Å². The van der Waals surface area contributed by atoms with Crippen LogP contribution < -0.4 is 5.73 Å². The molecular formula is C14H22N2O4S2. The molecule has 6 nitrogen and oxygen atoms in total. The molecule has 0 saturated carbocycles. The average molecular weight is 346 g/mol. The van der Waals surface area contributed by atoms with Crippen LogP contribution in [0, 0.1) is 13.8 Å². The topological polar surface area (TPSA) is 97.5 Å². The standard InChI is InChI=1S/C14H22N2O4S2/c1-11-3-4-12(2)14(9-11)22(19,20)16(7-6-15)13-5-8-21(17,18)10-13/h3-4,9,13H,5-8,10,15H2,1-2H3/t13-/m1/s1. The molecule has 2 rings (SSSR count). The maximum atomic E-state index is 13.0. The number of aryl methyl sites for hydroxylation is 2. The first-order chi connectivity index (χ1) is 10.2. The summed E-state index contributed by atoms with van der Waals surface area (Å²) >= 11 is 0. The summed E-state index contributed by atoms with van der Waals surface area (Å²) in [4.78, 5) is 0.227. The molecule has 1 aromatic carbocycles. The van der Waals surface area contributed by atoms with Crippen molar-refractivity contribution in [1.29, 1.82) is 0 Å². The number of nitrogens with two attached hydrogens (primary N) is 1. The molecule has 1 aromatic rings. The number of rotatable bonds is 5. The summed E-state index contributed by atoms with van der Waals surface area (Å²) < 4.78 is 50.6. The van der Waals surface area contributed by atoms with E-state index in [2.05, 4.69) is 0 Å². The van der Waals surface area contributed by atoms with Gasteiger partial charge in [0.15, 0.2) is 9.84 Å². The summed E-state index contributed by atoms with van der Waals surface area (Å²) in [6.45, 7) is 3.83. The molecule has 0 bridgehead atoms. The molecule has 2 N–H and O–H groups in total. The van der Waals surface area contributed by atoms with Crippen LogP contribution in [0.1, 0.15) is 17.5 Å². The summed E-state index contributed by atoms with van der Waals surface area (Å²) in [6.07, 6.45) is 0.326. The van der Waals surface area contributed by atoms with Crippen molar-refractivity contribution in [1.82, 2.24) is 4.31 Å². The minimum Gasteiger partial charge on any atom is -0.329 e. The maximum Gasteiger partial charge on any atom is 0.243 e. The van der Waals surface area contributed by atoms with Gasteiger partial charge in [0.25, 0.3) is 0 Å². The molecule has 0 spiro atoms. The number of sulfone groups is 1. The Morgan fingerprint density at radius 2 is 2.00 bits per heavy atom. The number of hydrogen-bond acceptors (Lipinski definition) is 5. The van der Waals surface area contributed by atoms with Gasteiger partial charge in [-0.3, -0.25) is 0 Å².